The van der Waals surface area contributed by atoms with E-state index in [1.54, 1.807) is 6.07 Å². The van der Waals surface area contributed by atoms with Gasteiger partial charge in [-0.15, -0.1) is 0 Å². The van der Waals surface area contributed by atoms with Gasteiger partial charge in [0, 0.05) is 9.80 Å². The molecule has 0 aliphatic heterocycles. The Kier molecular flexibility index (Phi) is 3.10. The van der Waals surface area contributed by atoms with Gasteiger partial charge in [-0.1, -0.05) is 37.9 Å². The van der Waals surface area contributed by atoms with Crippen LogP contribution < -0.4 is 0 Å². The molecule has 0 aliphatic carbocycles. The van der Waals surface area contributed by atoms with Crippen LogP contribution >= 0.6 is 31.9 Å². The number of benzene rings is 1. The summed E-state index contributed by atoms with van der Waals surface area (Å²) in [7, 11) is 0. The monoisotopic (exact) mass is 273 g/mol. The summed E-state index contributed by atoms with van der Waals surface area (Å²) in [6, 6.07) is 7.72. The molecule has 0 fully saturated rings. The fraction of sp³-hybridized carbons (Fsp3) is 0.125. The highest BCUT2D eigenvalue weighted by molar-refractivity contribution is 9.10. The largest absolute Gasteiger partial charge is 0.192 e. The lowest BCUT2D eigenvalue weighted by molar-refractivity contribution is 1.35. The van der Waals surface area contributed by atoms with Gasteiger partial charge in [-0.25, -0.2) is 0 Å². The molecule has 0 unspecified atom stereocenters. The van der Waals surface area contributed by atoms with E-state index in [1.165, 1.54) is 0 Å². The van der Waals surface area contributed by atoms with Crippen LogP contribution in [-0.4, -0.2) is 0 Å². The zero-order valence-corrected chi connectivity index (χ0v) is 8.81. The van der Waals surface area contributed by atoms with Gasteiger partial charge in [-0.2, -0.15) is 5.26 Å². The summed E-state index contributed by atoms with van der Waals surface area (Å²) in [6.07, 6.45) is 0. The van der Waals surface area contributed by atoms with Crippen molar-refractivity contribution in [3.63, 3.8) is 0 Å². The van der Waals surface area contributed by atoms with Crippen molar-refractivity contribution in [2.24, 2.45) is 0 Å². The molecule has 1 aromatic carbocycles. The Balaban J connectivity index is 3.27. The van der Waals surface area contributed by atoms with Gasteiger partial charge in [0.2, 0.25) is 0 Å². The van der Waals surface area contributed by atoms with E-state index < -0.39 is 0 Å². The Hall–Kier alpha value is -0.330. The molecule has 0 spiro atoms. The number of rotatable bonds is 1. The minimum Gasteiger partial charge on any atom is -0.192 e. The van der Waals surface area contributed by atoms with E-state index in [-0.39, 0.29) is 0 Å². The molecular weight excluding hydrogens is 270 g/mol. The molecule has 0 saturated carbocycles. The number of nitrogens with zero attached hydrogens (tertiary/aromatic N) is 1. The molecule has 0 aromatic heterocycles. The Morgan fingerprint density at radius 1 is 1.45 bits per heavy atom. The Labute approximate surface area is 82.3 Å². The average Bonchev–Trinajstić information content (AvgIpc) is 2.04. The number of hydrogen-bond acceptors (Lipinski definition) is 1. The van der Waals surface area contributed by atoms with E-state index >= 15 is 0 Å². The van der Waals surface area contributed by atoms with Gasteiger partial charge < -0.3 is 0 Å². The third-order valence-corrected chi connectivity index (χ3v) is 2.68. The SMILES string of the molecule is N#Cc1cccc(Br)c1CBr. The predicted octanol–water partition coefficient (Wildman–Crippen LogP) is 3.22. The smallest absolute Gasteiger partial charge is 0.0995 e. The summed E-state index contributed by atoms with van der Waals surface area (Å²) in [6.45, 7) is 0. The van der Waals surface area contributed by atoms with E-state index in [1.807, 2.05) is 12.1 Å². The van der Waals surface area contributed by atoms with E-state index in [0.717, 1.165) is 15.6 Å². The highest BCUT2D eigenvalue weighted by Crippen LogP contribution is 2.22. The molecule has 0 aliphatic rings. The van der Waals surface area contributed by atoms with Crippen LogP contribution in [0.1, 0.15) is 11.1 Å². The average molecular weight is 275 g/mol. The molecule has 0 atom stereocenters. The van der Waals surface area contributed by atoms with E-state index in [0.29, 0.717) is 5.33 Å². The Bertz CT molecular complexity index is 301. The summed E-state index contributed by atoms with van der Waals surface area (Å²) < 4.78 is 0.980. The second-order valence-electron chi connectivity index (χ2n) is 2.01. The van der Waals surface area contributed by atoms with Gasteiger partial charge in [0.25, 0.3) is 0 Å². The molecule has 56 valence electrons. The molecule has 11 heavy (non-hydrogen) atoms. The van der Waals surface area contributed by atoms with Crippen molar-refractivity contribution in [1.82, 2.24) is 0 Å². The van der Waals surface area contributed by atoms with Crippen molar-refractivity contribution >= 4 is 31.9 Å². The van der Waals surface area contributed by atoms with Crippen molar-refractivity contribution in [3.8, 4) is 6.07 Å². The number of nitriles is 1. The molecular formula is C8H5Br2N. The summed E-state index contributed by atoms with van der Waals surface area (Å²) in [5.41, 5.74) is 1.73. The highest BCUT2D eigenvalue weighted by Gasteiger charge is 2.02. The molecule has 0 saturated heterocycles. The molecule has 0 heterocycles. The van der Waals surface area contributed by atoms with Gasteiger partial charge in [0.1, 0.15) is 0 Å². The van der Waals surface area contributed by atoms with Gasteiger partial charge in [0.15, 0.2) is 0 Å². The van der Waals surface area contributed by atoms with Crippen LogP contribution in [-0.2, 0) is 5.33 Å². The Morgan fingerprint density at radius 2 is 2.18 bits per heavy atom. The van der Waals surface area contributed by atoms with E-state index in [2.05, 4.69) is 37.9 Å². The normalized spacial score (nSPS) is 9.18. The quantitative estimate of drug-likeness (QED) is 0.722. The summed E-state index contributed by atoms with van der Waals surface area (Å²) in [5.74, 6) is 0. The van der Waals surface area contributed by atoms with Crippen molar-refractivity contribution in [2.45, 2.75) is 5.33 Å². The first-order chi connectivity index (χ1) is 5.29. The maximum absolute atomic E-state index is 8.68. The van der Waals surface area contributed by atoms with E-state index in [4.69, 9.17) is 5.26 Å². The van der Waals surface area contributed by atoms with Gasteiger partial charge in [0.05, 0.1) is 11.6 Å². The van der Waals surface area contributed by atoms with Crippen LogP contribution in [0.15, 0.2) is 22.7 Å². The zero-order chi connectivity index (χ0) is 8.27. The lowest BCUT2D eigenvalue weighted by Crippen LogP contribution is -1.85. The maximum Gasteiger partial charge on any atom is 0.0995 e. The van der Waals surface area contributed by atoms with Crippen molar-refractivity contribution in [3.05, 3.63) is 33.8 Å². The van der Waals surface area contributed by atoms with Crippen LogP contribution in [0.25, 0.3) is 0 Å². The van der Waals surface area contributed by atoms with Gasteiger partial charge >= 0.3 is 0 Å². The first-order valence-electron chi connectivity index (χ1n) is 3.03. The van der Waals surface area contributed by atoms with Crippen LogP contribution in [0.3, 0.4) is 0 Å². The van der Waals surface area contributed by atoms with Crippen LogP contribution in [0.5, 0.6) is 0 Å². The first kappa shape index (κ1) is 8.76. The van der Waals surface area contributed by atoms with Crippen LogP contribution in [0.2, 0.25) is 0 Å². The molecule has 0 radical (unpaired) electrons. The molecule has 0 N–H and O–H groups in total. The first-order valence-corrected chi connectivity index (χ1v) is 4.94. The topological polar surface area (TPSA) is 23.8 Å². The third-order valence-electron chi connectivity index (χ3n) is 1.37. The van der Waals surface area contributed by atoms with Crippen LogP contribution in [0.4, 0.5) is 0 Å². The third kappa shape index (κ3) is 1.82. The van der Waals surface area contributed by atoms with Crippen molar-refractivity contribution in [1.29, 1.82) is 5.26 Å². The second-order valence-corrected chi connectivity index (χ2v) is 3.43. The highest BCUT2D eigenvalue weighted by atomic mass is 79.9. The molecule has 0 bridgehead atoms. The second kappa shape index (κ2) is 3.89. The molecule has 0 amide bonds. The van der Waals surface area contributed by atoms with Gasteiger partial charge in [-0.3, -0.25) is 0 Å². The standard InChI is InChI=1S/C8H5Br2N/c9-4-7-6(5-11)2-1-3-8(7)10/h1-3H,4H2. The van der Waals surface area contributed by atoms with Crippen molar-refractivity contribution in [2.75, 3.05) is 0 Å². The Morgan fingerprint density at radius 3 is 2.64 bits per heavy atom. The van der Waals surface area contributed by atoms with E-state index in [9.17, 15) is 0 Å². The summed E-state index contributed by atoms with van der Waals surface area (Å²) in [5, 5.41) is 9.39. The van der Waals surface area contributed by atoms with Gasteiger partial charge in [-0.05, 0) is 17.7 Å². The number of alkyl halides is 1. The molecule has 1 aromatic rings. The molecule has 1 rings (SSSR count). The number of hydrogen-bond donors (Lipinski definition) is 0. The van der Waals surface area contributed by atoms with Crippen molar-refractivity contribution < 1.29 is 0 Å². The predicted molar refractivity (Wildman–Crippen MR) is 51.5 cm³/mol. The lowest BCUT2D eigenvalue weighted by atomic mass is 10.1. The minimum atomic E-state index is 0.706. The molecule has 3 heteroatoms. The fourth-order valence-electron chi connectivity index (χ4n) is 0.799. The van der Waals surface area contributed by atoms with Crippen LogP contribution in [0, 0.1) is 11.3 Å². The number of halogens is 2. The molecule has 1 nitrogen and oxygen atoms in total. The fourth-order valence-corrected chi connectivity index (χ4v) is 2.29. The maximum atomic E-state index is 8.68. The summed E-state index contributed by atoms with van der Waals surface area (Å²) in [4.78, 5) is 0. The zero-order valence-electron chi connectivity index (χ0n) is 5.64. The summed E-state index contributed by atoms with van der Waals surface area (Å²) >= 11 is 6.69. The lowest BCUT2D eigenvalue weighted by Gasteiger charge is -2.00. The minimum absolute atomic E-state index is 0.706.